The minimum Gasteiger partial charge on any atom is -0.379 e. The number of ether oxygens (including phenoxy) is 1. The van der Waals surface area contributed by atoms with Crippen LogP contribution in [0.4, 0.5) is 0 Å². The first-order chi connectivity index (χ1) is 7.99. The van der Waals surface area contributed by atoms with E-state index in [0.29, 0.717) is 0 Å². The van der Waals surface area contributed by atoms with Gasteiger partial charge in [-0.3, -0.25) is 9.69 Å². The maximum absolute atomic E-state index is 10.8. The molecule has 0 spiro atoms. The second-order valence-electron chi connectivity index (χ2n) is 4.84. The Kier molecular flexibility index (Phi) is 9.09. The molecule has 1 heterocycles. The van der Waals surface area contributed by atoms with Crippen LogP contribution in [0.15, 0.2) is 0 Å². The van der Waals surface area contributed by atoms with Crippen molar-refractivity contribution in [3.63, 3.8) is 0 Å². The SMILES string of the molecule is CC(C)C(=O)N(C)C.CCCN1CCOCC1. The van der Waals surface area contributed by atoms with Crippen molar-refractivity contribution in [1.82, 2.24) is 9.80 Å². The van der Waals surface area contributed by atoms with Crippen LogP contribution in [0.1, 0.15) is 27.2 Å². The van der Waals surface area contributed by atoms with Gasteiger partial charge in [0.1, 0.15) is 0 Å². The van der Waals surface area contributed by atoms with E-state index in [0.717, 1.165) is 26.3 Å². The molecule has 102 valence electrons. The minimum absolute atomic E-state index is 0.130. The predicted octanol–water partition coefficient (Wildman–Crippen LogP) is 1.46. The van der Waals surface area contributed by atoms with Crippen molar-refractivity contribution >= 4 is 5.91 Å². The van der Waals surface area contributed by atoms with Crippen molar-refractivity contribution in [2.24, 2.45) is 5.92 Å². The third kappa shape index (κ3) is 8.16. The van der Waals surface area contributed by atoms with Gasteiger partial charge in [-0.15, -0.1) is 0 Å². The van der Waals surface area contributed by atoms with E-state index in [4.69, 9.17) is 4.74 Å². The fourth-order valence-electron chi connectivity index (χ4n) is 1.66. The molecule has 0 saturated carbocycles. The molecule has 1 aliphatic heterocycles. The fourth-order valence-corrected chi connectivity index (χ4v) is 1.66. The molecule has 0 unspecified atom stereocenters. The van der Waals surface area contributed by atoms with Crippen LogP contribution < -0.4 is 0 Å². The van der Waals surface area contributed by atoms with Crippen LogP contribution >= 0.6 is 0 Å². The summed E-state index contributed by atoms with van der Waals surface area (Å²) in [5, 5.41) is 0. The van der Waals surface area contributed by atoms with Crippen LogP contribution in [0.2, 0.25) is 0 Å². The second kappa shape index (κ2) is 9.42. The maximum Gasteiger partial charge on any atom is 0.224 e. The Bertz CT molecular complexity index is 187. The zero-order valence-electron chi connectivity index (χ0n) is 12.0. The maximum atomic E-state index is 10.8. The van der Waals surface area contributed by atoms with Crippen LogP contribution in [-0.4, -0.2) is 62.7 Å². The van der Waals surface area contributed by atoms with Gasteiger partial charge < -0.3 is 9.64 Å². The number of carbonyl (C=O) groups is 1. The van der Waals surface area contributed by atoms with Crippen LogP contribution in [-0.2, 0) is 9.53 Å². The number of hydrogen-bond donors (Lipinski definition) is 0. The number of carbonyl (C=O) groups excluding carboxylic acids is 1. The highest BCUT2D eigenvalue weighted by Gasteiger charge is 2.07. The van der Waals surface area contributed by atoms with Gasteiger partial charge in [0.2, 0.25) is 5.91 Å². The van der Waals surface area contributed by atoms with E-state index >= 15 is 0 Å². The molecule has 1 aliphatic rings. The first-order valence-corrected chi connectivity index (χ1v) is 6.50. The molecule has 17 heavy (non-hydrogen) atoms. The first-order valence-electron chi connectivity index (χ1n) is 6.50. The fraction of sp³-hybridized carbons (Fsp3) is 0.923. The van der Waals surface area contributed by atoms with Gasteiger partial charge in [0.05, 0.1) is 13.2 Å². The molecule has 0 N–H and O–H groups in total. The molecule has 0 aromatic carbocycles. The van der Waals surface area contributed by atoms with Crippen LogP contribution in [0.3, 0.4) is 0 Å². The quantitative estimate of drug-likeness (QED) is 0.753. The first kappa shape index (κ1) is 16.4. The lowest BCUT2D eigenvalue weighted by Crippen LogP contribution is -2.36. The molecule has 1 amide bonds. The highest BCUT2D eigenvalue weighted by atomic mass is 16.5. The van der Waals surface area contributed by atoms with E-state index in [1.165, 1.54) is 13.0 Å². The van der Waals surface area contributed by atoms with Crippen molar-refractivity contribution < 1.29 is 9.53 Å². The van der Waals surface area contributed by atoms with Crippen molar-refractivity contribution in [3.05, 3.63) is 0 Å². The molecule has 0 aromatic heterocycles. The van der Waals surface area contributed by atoms with E-state index in [-0.39, 0.29) is 11.8 Å². The molecule has 1 fully saturated rings. The summed E-state index contributed by atoms with van der Waals surface area (Å²) in [6.07, 6.45) is 1.26. The third-order valence-corrected chi connectivity index (χ3v) is 2.58. The Morgan fingerprint density at radius 3 is 2.12 bits per heavy atom. The van der Waals surface area contributed by atoms with Crippen molar-refractivity contribution in [2.75, 3.05) is 46.9 Å². The highest BCUT2D eigenvalue weighted by Crippen LogP contribution is 1.96. The molecule has 0 radical (unpaired) electrons. The van der Waals surface area contributed by atoms with Gasteiger partial charge in [-0.25, -0.2) is 0 Å². The zero-order chi connectivity index (χ0) is 13.3. The van der Waals surface area contributed by atoms with Gasteiger partial charge in [-0.2, -0.15) is 0 Å². The molecule has 4 nitrogen and oxygen atoms in total. The topological polar surface area (TPSA) is 32.8 Å². The molecule has 1 saturated heterocycles. The van der Waals surface area contributed by atoms with Gasteiger partial charge in [0.25, 0.3) is 0 Å². The van der Waals surface area contributed by atoms with Gasteiger partial charge in [-0.05, 0) is 13.0 Å². The Morgan fingerprint density at radius 2 is 1.82 bits per heavy atom. The average Bonchev–Trinajstić information content (AvgIpc) is 2.30. The van der Waals surface area contributed by atoms with E-state index in [1.54, 1.807) is 19.0 Å². The Labute approximate surface area is 106 Å². The summed E-state index contributed by atoms with van der Waals surface area (Å²) >= 11 is 0. The lowest BCUT2D eigenvalue weighted by atomic mass is 10.2. The number of hydrogen-bond acceptors (Lipinski definition) is 3. The van der Waals surface area contributed by atoms with Gasteiger partial charge in [-0.1, -0.05) is 20.8 Å². The molecular formula is C13H28N2O2. The highest BCUT2D eigenvalue weighted by molar-refractivity contribution is 5.77. The molecule has 0 aromatic rings. The Balaban J connectivity index is 0.000000304. The van der Waals surface area contributed by atoms with Gasteiger partial charge in [0.15, 0.2) is 0 Å². The molecule has 4 heteroatoms. The summed E-state index contributed by atoms with van der Waals surface area (Å²) in [7, 11) is 3.53. The van der Waals surface area contributed by atoms with E-state index < -0.39 is 0 Å². The lowest BCUT2D eigenvalue weighted by molar-refractivity contribution is -0.131. The summed E-state index contributed by atoms with van der Waals surface area (Å²) < 4.78 is 5.20. The van der Waals surface area contributed by atoms with Crippen LogP contribution in [0.5, 0.6) is 0 Å². The average molecular weight is 244 g/mol. The number of nitrogens with zero attached hydrogens (tertiary/aromatic N) is 2. The minimum atomic E-state index is 0.130. The molecular weight excluding hydrogens is 216 g/mol. The van der Waals surface area contributed by atoms with Crippen molar-refractivity contribution in [1.29, 1.82) is 0 Å². The molecule has 1 rings (SSSR count). The van der Waals surface area contributed by atoms with Gasteiger partial charge in [0, 0.05) is 33.1 Å². The van der Waals surface area contributed by atoms with Crippen LogP contribution in [0, 0.1) is 5.92 Å². The standard InChI is InChI=1S/C7H15NO.C6H13NO/c1-2-3-8-4-6-9-7-5-8;1-5(2)6(8)7(3)4/h2-7H2,1H3;5H,1-4H3. The number of rotatable bonds is 3. The monoisotopic (exact) mass is 244 g/mol. The molecule has 0 aliphatic carbocycles. The summed E-state index contributed by atoms with van der Waals surface area (Å²) in [6, 6.07) is 0. The second-order valence-corrected chi connectivity index (χ2v) is 4.84. The van der Waals surface area contributed by atoms with Gasteiger partial charge >= 0.3 is 0 Å². The zero-order valence-corrected chi connectivity index (χ0v) is 12.0. The number of morpholine rings is 1. The summed E-state index contributed by atoms with van der Waals surface area (Å²) in [5.41, 5.74) is 0. The van der Waals surface area contributed by atoms with E-state index in [1.807, 2.05) is 13.8 Å². The smallest absolute Gasteiger partial charge is 0.224 e. The normalized spacial score (nSPS) is 16.4. The Hall–Kier alpha value is -0.610. The van der Waals surface area contributed by atoms with Crippen LogP contribution in [0.25, 0.3) is 0 Å². The third-order valence-electron chi connectivity index (χ3n) is 2.58. The van der Waals surface area contributed by atoms with Crippen molar-refractivity contribution in [2.45, 2.75) is 27.2 Å². The number of amides is 1. The van der Waals surface area contributed by atoms with Crippen molar-refractivity contribution in [3.8, 4) is 0 Å². The molecule has 0 bridgehead atoms. The van der Waals surface area contributed by atoms with E-state index in [2.05, 4.69) is 11.8 Å². The molecule has 0 atom stereocenters. The van der Waals surface area contributed by atoms with E-state index in [9.17, 15) is 4.79 Å². The largest absolute Gasteiger partial charge is 0.379 e. The summed E-state index contributed by atoms with van der Waals surface area (Å²) in [5.74, 6) is 0.315. The Morgan fingerprint density at radius 1 is 1.29 bits per heavy atom. The summed E-state index contributed by atoms with van der Waals surface area (Å²) in [6.45, 7) is 11.4. The predicted molar refractivity (Wildman–Crippen MR) is 71.1 cm³/mol. The lowest BCUT2D eigenvalue weighted by Gasteiger charge is -2.25. The summed E-state index contributed by atoms with van der Waals surface area (Å²) in [4.78, 5) is 14.8.